The summed E-state index contributed by atoms with van der Waals surface area (Å²) < 4.78 is 26.4. The zero-order valence-electron chi connectivity index (χ0n) is 18.2. The van der Waals surface area contributed by atoms with Crippen LogP contribution in [-0.2, 0) is 28.2 Å². The van der Waals surface area contributed by atoms with Crippen LogP contribution in [0.5, 0.6) is 0 Å². The Labute approximate surface area is 192 Å². The zero-order chi connectivity index (χ0) is 22.6. The number of nitrogens with zero attached hydrogens (tertiary/aromatic N) is 4. The first-order chi connectivity index (χ1) is 15.3. The summed E-state index contributed by atoms with van der Waals surface area (Å²) in [6, 6.07) is 11.0. The normalized spacial score (nSPS) is 22.2. The lowest BCUT2D eigenvalue weighted by Gasteiger charge is -2.23. The third-order valence-electron chi connectivity index (χ3n) is 6.49. The second kappa shape index (κ2) is 7.67. The van der Waals surface area contributed by atoms with E-state index in [4.69, 9.17) is 4.98 Å². The average Bonchev–Trinajstić information content (AvgIpc) is 3.53. The van der Waals surface area contributed by atoms with Gasteiger partial charge < -0.3 is 9.67 Å². The fourth-order valence-corrected chi connectivity index (χ4v) is 6.51. The Hall–Kier alpha value is -2.23. The molecule has 5 rings (SSSR count). The number of aliphatic hydroxyl groups excluding tert-OH is 1. The van der Waals surface area contributed by atoms with Crippen LogP contribution in [0.4, 0.5) is 0 Å². The van der Waals surface area contributed by atoms with Crippen molar-refractivity contribution in [3.05, 3.63) is 59.9 Å². The van der Waals surface area contributed by atoms with Crippen molar-refractivity contribution in [3.8, 4) is 11.1 Å². The summed E-state index contributed by atoms with van der Waals surface area (Å²) >= 11 is 1.78. The molecule has 3 aromatic rings. The SMILES string of the molecule is C[C@]1(CO)Cc2nnc(C3(c4ccc(-c5ccccc5S(C)(=O)=O)cn4)CC3)n2CCS1. The van der Waals surface area contributed by atoms with Gasteiger partial charge in [-0.3, -0.25) is 4.98 Å². The summed E-state index contributed by atoms with van der Waals surface area (Å²) in [5, 5.41) is 18.9. The number of hydrogen-bond acceptors (Lipinski definition) is 7. The summed E-state index contributed by atoms with van der Waals surface area (Å²) in [4.78, 5) is 5.07. The van der Waals surface area contributed by atoms with Gasteiger partial charge in [0.2, 0.25) is 0 Å². The maximum atomic E-state index is 12.2. The molecule has 1 aromatic carbocycles. The monoisotopic (exact) mass is 470 g/mol. The van der Waals surface area contributed by atoms with Gasteiger partial charge in [-0.25, -0.2) is 8.42 Å². The van der Waals surface area contributed by atoms with E-state index < -0.39 is 9.84 Å². The van der Waals surface area contributed by atoms with Gasteiger partial charge in [-0.1, -0.05) is 24.3 Å². The highest BCUT2D eigenvalue weighted by Gasteiger charge is 2.52. The smallest absolute Gasteiger partial charge is 0.176 e. The molecule has 1 aliphatic heterocycles. The van der Waals surface area contributed by atoms with Gasteiger partial charge in [0.1, 0.15) is 11.6 Å². The van der Waals surface area contributed by atoms with E-state index in [9.17, 15) is 13.5 Å². The summed E-state index contributed by atoms with van der Waals surface area (Å²) in [5.41, 5.74) is 2.14. The van der Waals surface area contributed by atoms with Gasteiger partial charge in [-0.15, -0.1) is 10.2 Å². The van der Waals surface area contributed by atoms with Gasteiger partial charge in [0.25, 0.3) is 0 Å². The van der Waals surface area contributed by atoms with Crippen molar-refractivity contribution in [1.29, 1.82) is 0 Å². The first-order valence-corrected chi connectivity index (χ1v) is 13.6. The number of aromatic nitrogens is 4. The largest absolute Gasteiger partial charge is 0.395 e. The van der Waals surface area contributed by atoms with Crippen molar-refractivity contribution < 1.29 is 13.5 Å². The predicted molar refractivity (Wildman–Crippen MR) is 124 cm³/mol. The molecule has 1 fully saturated rings. The number of aliphatic hydroxyl groups is 1. The molecule has 3 heterocycles. The van der Waals surface area contributed by atoms with Gasteiger partial charge >= 0.3 is 0 Å². The molecule has 0 radical (unpaired) electrons. The Balaban J connectivity index is 1.49. The van der Waals surface area contributed by atoms with E-state index in [1.54, 1.807) is 30.1 Å². The topological polar surface area (TPSA) is 98.0 Å². The van der Waals surface area contributed by atoms with Crippen molar-refractivity contribution in [3.63, 3.8) is 0 Å². The third-order valence-corrected chi connectivity index (χ3v) is 9.00. The molecule has 2 aliphatic rings. The van der Waals surface area contributed by atoms with E-state index in [1.165, 1.54) is 6.26 Å². The molecule has 2 aromatic heterocycles. The molecular formula is C23H26N4O3S2. The Morgan fingerprint density at radius 3 is 2.59 bits per heavy atom. The molecule has 0 amide bonds. The molecule has 0 saturated heterocycles. The summed E-state index contributed by atoms with van der Waals surface area (Å²) in [5.74, 6) is 2.78. The lowest BCUT2D eigenvalue weighted by molar-refractivity contribution is 0.254. The molecule has 1 N–H and O–H groups in total. The standard InChI is InChI=1S/C23H26N4O3S2/c1-22(15-28)13-20-25-26-21(27(20)11-12-31-22)23(9-10-23)19-8-7-16(14-24-19)17-5-3-4-6-18(17)32(2,29)30/h3-8,14,28H,9-13,15H2,1-2H3/t22-/m1/s1. The predicted octanol–water partition coefficient (Wildman–Crippen LogP) is 2.86. The Kier molecular flexibility index (Phi) is 5.18. The molecule has 9 heteroatoms. The Morgan fingerprint density at radius 2 is 1.94 bits per heavy atom. The van der Waals surface area contributed by atoms with E-state index >= 15 is 0 Å². The minimum Gasteiger partial charge on any atom is -0.395 e. The highest BCUT2D eigenvalue weighted by Crippen LogP contribution is 2.52. The maximum absolute atomic E-state index is 12.2. The molecule has 1 saturated carbocycles. The number of hydrogen-bond donors (Lipinski definition) is 1. The van der Waals surface area contributed by atoms with Crippen LogP contribution in [0.25, 0.3) is 11.1 Å². The van der Waals surface area contributed by atoms with Gasteiger partial charge in [-0.05, 0) is 31.9 Å². The molecule has 1 aliphatic carbocycles. The second-order valence-electron chi connectivity index (χ2n) is 9.01. The van der Waals surface area contributed by atoms with Gasteiger partial charge in [-0.2, -0.15) is 11.8 Å². The number of fused-ring (bicyclic) bond motifs is 1. The van der Waals surface area contributed by atoms with Crippen LogP contribution >= 0.6 is 11.8 Å². The van der Waals surface area contributed by atoms with E-state index in [0.29, 0.717) is 16.9 Å². The van der Waals surface area contributed by atoms with Crippen LogP contribution in [0.3, 0.4) is 0 Å². The summed E-state index contributed by atoms with van der Waals surface area (Å²) in [6.45, 7) is 3.01. The summed E-state index contributed by atoms with van der Waals surface area (Å²) in [7, 11) is -3.34. The number of sulfone groups is 1. The lowest BCUT2D eigenvalue weighted by Crippen LogP contribution is -2.28. The van der Waals surface area contributed by atoms with Crippen LogP contribution in [0, 0.1) is 0 Å². The lowest BCUT2D eigenvalue weighted by atomic mass is 9.98. The number of thioether (sulfide) groups is 1. The first kappa shape index (κ1) is 21.6. The number of rotatable bonds is 5. The summed E-state index contributed by atoms with van der Waals surface area (Å²) in [6.07, 6.45) is 5.59. The Bertz CT molecular complexity index is 1270. The zero-order valence-corrected chi connectivity index (χ0v) is 19.8. The maximum Gasteiger partial charge on any atom is 0.176 e. The van der Waals surface area contributed by atoms with Crippen molar-refractivity contribution in [1.82, 2.24) is 19.7 Å². The highest BCUT2D eigenvalue weighted by molar-refractivity contribution is 8.00. The van der Waals surface area contributed by atoms with Gasteiger partial charge in [0.05, 0.1) is 22.6 Å². The number of pyridine rings is 1. The average molecular weight is 471 g/mol. The third kappa shape index (κ3) is 3.66. The second-order valence-corrected chi connectivity index (χ2v) is 12.7. The molecule has 1 atom stereocenters. The van der Waals surface area contributed by atoms with E-state index in [2.05, 4.69) is 21.7 Å². The first-order valence-electron chi connectivity index (χ1n) is 10.7. The van der Waals surface area contributed by atoms with E-state index in [1.807, 2.05) is 24.3 Å². The van der Waals surface area contributed by atoms with Crippen LogP contribution in [0.15, 0.2) is 47.5 Å². The van der Waals surface area contributed by atoms with Crippen molar-refractivity contribution in [2.45, 2.75) is 47.8 Å². The van der Waals surface area contributed by atoms with Crippen LogP contribution in [0.1, 0.15) is 37.1 Å². The molecule has 168 valence electrons. The van der Waals surface area contributed by atoms with E-state index in [-0.39, 0.29) is 16.8 Å². The minimum atomic E-state index is -3.34. The van der Waals surface area contributed by atoms with Crippen molar-refractivity contribution >= 4 is 21.6 Å². The van der Waals surface area contributed by atoms with Crippen LogP contribution in [-0.4, -0.2) is 56.6 Å². The fourth-order valence-electron chi connectivity index (χ4n) is 4.51. The minimum absolute atomic E-state index is 0.114. The molecule has 32 heavy (non-hydrogen) atoms. The molecule has 0 unspecified atom stereocenters. The molecule has 7 nitrogen and oxygen atoms in total. The van der Waals surface area contributed by atoms with Crippen molar-refractivity contribution in [2.75, 3.05) is 18.6 Å². The van der Waals surface area contributed by atoms with Crippen molar-refractivity contribution in [2.24, 2.45) is 0 Å². The highest BCUT2D eigenvalue weighted by atomic mass is 32.2. The number of benzene rings is 1. The Morgan fingerprint density at radius 1 is 1.16 bits per heavy atom. The molecule has 0 bridgehead atoms. The van der Waals surface area contributed by atoms with E-state index in [0.717, 1.165) is 48.0 Å². The quantitative estimate of drug-likeness (QED) is 0.612. The fraction of sp³-hybridized carbons (Fsp3) is 0.435. The van der Waals surface area contributed by atoms with Crippen LogP contribution in [0.2, 0.25) is 0 Å². The molecule has 0 spiro atoms. The molecular weight excluding hydrogens is 444 g/mol. The van der Waals surface area contributed by atoms with Gasteiger partial charge in [0.15, 0.2) is 9.84 Å². The van der Waals surface area contributed by atoms with Crippen LogP contribution < -0.4 is 0 Å². The van der Waals surface area contributed by atoms with Gasteiger partial charge in [0, 0.05) is 47.0 Å².